The average molecular weight is 257 g/mol. The molecular weight excluding hydrogens is 234 g/mol. The Kier molecular flexibility index (Phi) is 3.02. The molecule has 1 fully saturated rings. The van der Waals surface area contributed by atoms with E-state index in [0.717, 1.165) is 26.2 Å². The highest BCUT2D eigenvalue weighted by atomic mass is 15.2. The van der Waals surface area contributed by atoms with Gasteiger partial charge in [-0.2, -0.15) is 0 Å². The normalized spacial score (nSPS) is 21.9. The van der Waals surface area contributed by atoms with E-state index in [4.69, 9.17) is 0 Å². The van der Waals surface area contributed by atoms with Crippen LogP contribution in [0.3, 0.4) is 0 Å². The van der Waals surface area contributed by atoms with Gasteiger partial charge in [0.25, 0.3) is 0 Å². The van der Waals surface area contributed by atoms with Crippen LogP contribution in [0.5, 0.6) is 0 Å². The number of nitrogens with one attached hydrogen (secondary N) is 1. The summed E-state index contributed by atoms with van der Waals surface area (Å²) in [6.07, 6.45) is 4.54. The number of rotatable bonds is 1. The fourth-order valence-electron chi connectivity index (χ4n) is 2.84. The van der Waals surface area contributed by atoms with Crippen LogP contribution in [0.1, 0.15) is 19.4 Å². The zero-order chi connectivity index (χ0) is 13.5. The molecule has 3 heteroatoms. The minimum absolute atomic E-state index is 0.0493. The van der Waals surface area contributed by atoms with Gasteiger partial charge in [-0.25, -0.2) is 0 Å². The zero-order valence-electron chi connectivity index (χ0n) is 12.1. The van der Waals surface area contributed by atoms with Crippen LogP contribution in [0.2, 0.25) is 0 Å². The number of benzene rings is 1. The summed E-state index contributed by atoms with van der Waals surface area (Å²) in [5.74, 6) is 0. The number of likely N-dealkylation sites (N-methyl/N-ethyl adjacent to an activating group) is 1. The molecule has 0 bridgehead atoms. The maximum absolute atomic E-state index is 3.60. The van der Waals surface area contributed by atoms with Crippen molar-refractivity contribution in [3.8, 4) is 0 Å². The van der Waals surface area contributed by atoms with E-state index in [1.165, 1.54) is 16.9 Å². The Bertz CT molecular complexity index is 497. The van der Waals surface area contributed by atoms with E-state index < -0.39 is 0 Å². The summed E-state index contributed by atoms with van der Waals surface area (Å²) in [5, 5.41) is 3.60. The largest absolute Gasteiger partial charge is 0.376 e. The lowest BCUT2D eigenvalue weighted by atomic mass is 9.95. The van der Waals surface area contributed by atoms with Crippen molar-refractivity contribution < 1.29 is 0 Å². The summed E-state index contributed by atoms with van der Waals surface area (Å²) in [7, 11) is 2.20. The van der Waals surface area contributed by atoms with Gasteiger partial charge in [-0.05, 0) is 33.0 Å². The lowest BCUT2D eigenvalue weighted by Gasteiger charge is -2.37. The number of hydrogen-bond donors (Lipinski definition) is 1. The summed E-state index contributed by atoms with van der Waals surface area (Å²) in [6, 6.07) is 6.59. The predicted octanol–water partition coefficient (Wildman–Crippen LogP) is 2.66. The van der Waals surface area contributed by atoms with Crippen molar-refractivity contribution in [2.75, 3.05) is 43.4 Å². The third-order valence-corrected chi connectivity index (χ3v) is 4.05. The molecule has 0 radical (unpaired) electrons. The van der Waals surface area contributed by atoms with Crippen molar-refractivity contribution in [2.24, 2.45) is 0 Å². The van der Waals surface area contributed by atoms with Crippen LogP contribution < -0.4 is 10.2 Å². The first kappa shape index (κ1) is 12.5. The lowest BCUT2D eigenvalue weighted by Crippen LogP contribution is -2.45. The second-order valence-corrected chi connectivity index (χ2v) is 6.21. The minimum atomic E-state index is 0.0493. The molecule has 0 aromatic heterocycles. The Morgan fingerprint density at radius 3 is 2.58 bits per heavy atom. The molecule has 1 aromatic carbocycles. The zero-order valence-corrected chi connectivity index (χ0v) is 12.1. The molecule has 0 saturated carbocycles. The van der Waals surface area contributed by atoms with Crippen molar-refractivity contribution in [2.45, 2.75) is 19.4 Å². The highest BCUT2D eigenvalue weighted by Gasteiger charge is 2.23. The van der Waals surface area contributed by atoms with E-state index >= 15 is 0 Å². The third kappa shape index (κ3) is 2.47. The number of hydrogen-bond acceptors (Lipinski definition) is 3. The average Bonchev–Trinajstić information content (AvgIpc) is 2.37. The maximum atomic E-state index is 3.60. The molecule has 2 aliphatic heterocycles. The minimum Gasteiger partial charge on any atom is -0.376 e. The number of piperazine rings is 1. The highest BCUT2D eigenvalue weighted by molar-refractivity contribution is 5.82. The molecule has 1 saturated heterocycles. The van der Waals surface area contributed by atoms with Crippen LogP contribution in [0.15, 0.2) is 24.3 Å². The van der Waals surface area contributed by atoms with Gasteiger partial charge in [0.15, 0.2) is 0 Å². The standard InChI is InChI=1S/C16H23N3/c1-16(2)8-7-13-14(17-16)5-4-6-15(13)19-11-9-18(3)10-12-19/h4-8,17H,9-12H2,1-3H3. The topological polar surface area (TPSA) is 18.5 Å². The first-order chi connectivity index (χ1) is 9.05. The first-order valence-corrected chi connectivity index (χ1v) is 7.09. The smallest absolute Gasteiger partial charge is 0.0503 e. The molecular formula is C16H23N3. The van der Waals surface area contributed by atoms with Gasteiger partial charge in [-0.1, -0.05) is 18.2 Å². The molecule has 0 amide bonds. The van der Waals surface area contributed by atoms with Gasteiger partial charge in [-0.15, -0.1) is 0 Å². The Morgan fingerprint density at radius 2 is 1.84 bits per heavy atom. The summed E-state index contributed by atoms with van der Waals surface area (Å²) in [5.41, 5.74) is 4.01. The lowest BCUT2D eigenvalue weighted by molar-refractivity contribution is 0.313. The molecule has 0 atom stereocenters. The van der Waals surface area contributed by atoms with Gasteiger partial charge in [0.1, 0.15) is 0 Å². The number of fused-ring (bicyclic) bond motifs is 1. The van der Waals surface area contributed by atoms with Gasteiger partial charge >= 0.3 is 0 Å². The Hall–Kier alpha value is -1.48. The van der Waals surface area contributed by atoms with E-state index in [1.54, 1.807) is 0 Å². The molecule has 2 aliphatic rings. The molecule has 1 aromatic rings. The van der Waals surface area contributed by atoms with Gasteiger partial charge in [0, 0.05) is 43.1 Å². The van der Waals surface area contributed by atoms with Crippen LogP contribution in [0.25, 0.3) is 6.08 Å². The van der Waals surface area contributed by atoms with Gasteiger partial charge < -0.3 is 15.1 Å². The van der Waals surface area contributed by atoms with Crippen molar-refractivity contribution in [3.05, 3.63) is 29.8 Å². The third-order valence-electron chi connectivity index (χ3n) is 4.05. The predicted molar refractivity (Wildman–Crippen MR) is 82.9 cm³/mol. The fourth-order valence-corrected chi connectivity index (χ4v) is 2.84. The molecule has 102 valence electrons. The Labute approximate surface area is 115 Å². The van der Waals surface area contributed by atoms with Crippen molar-refractivity contribution in [3.63, 3.8) is 0 Å². The monoisotopic (exact) mass is 257 g/mol. The molecule has 19 heavy (non-hydrogen) atoms. The fraction of sp³-hybridized carbons (Fsp3) is 0.500. The molecule has 0 spiro atoms. The van der Waals surface area contributed by atoms with Crippen LogP contribution >= 0.6 is 0 Å². The molecule has 0 aliphatic carbocycles. The quantitative estimate of drug-likeness (QED) is 0.834. The summed E-state index contributed by atoms with van der Waals surface area (Å²) >= 11 is 0. The summed E-state index contributed by atoms with van der Waals surface area (Å²) in [6.45, 7) is 8.93. The highest BCUT2D eigenvalue weighted by Crippen LogP contribution is 2.35. The van der Waals surface area contributed by atoms with Crippen LogP contribution in [-0.2, 0) is 0 Å². The van der Waals surface area contributed by atoms with Crippen LogP contribution in [0.4, 0.5) is 11.4 Å². The summed E-state index contributed by atoms with van der Waals surface area (Å²) < 4.78 is 0. The van der Waals surface area contributed by atoms with E-state index in [9.17, 15) is 0 Å². The molecule has 2 heterocycles. The van der Waals surface area contributed by atoms with E-state index in [0.29, 0.717) is 0 Å². The second-order valence-electron chi connectivity index (χ2n) is 6.21. The maximum Gasteiger partial charge on any atom is 0.0503 e. The number of anilines is 2. The van der Waals surface area contributed by atoms with E-state index in [2.05, 4.69) is 66.4 Å². The molecule has 1 N–H and O–H groups in total. The van der Waals surface area contributed by atoms with Crippen molar-refractivity contribution >= 4 is 17.5 Å². The first-order valence-electron chi connectivity index (χ1n) is 7.09. The van der Waals surface area contributed by atoms with Gasteiger partial charge in [0.05, 0.1) is 5.54 Å². The van der Waals surface area contributed by atoms with Crippen molar-refractivity contribution in [1.29, 1.82) is 0 Å². The Morgan fingerprint density at radius 1 is 1.11 bits per heavy atom. The molecule has 0 unspecified atom stereocenters. The van der Waals surface area contributed by atoms with Crippen molar-refractivity contribution in [1.82, 2.24) is 4.90 Å². The number of nitrogens with zero attached hydrogens (tertiary/aromatic N) is 2. The van der Waals surface area contributed by atoms with E-state index in [-0.39, 0.29) is 5.54 Å². The SMILES string of the molecule is CN1CCN(c2cccc3c2C=CC(C)(C)N3)CC1. The van der Waals surface area contributed by atoms with Gasteiger partial charge in [-0.3, -0.25) is 0 Å². The second kappa shape index (κ2) is 4.57. The van der Waals surface area contributed by atoms with Gasteiger partial charge in [0.2, 0.25) is 0 Å². The van der Waals surface area contributed by atoms with E-state index in [1.807, 2.05) is 0 Å². The Balaban J connectivity index is 1.92. The summed E-state index contributed by atoms with van der Waals surface area (Å²) in [4.78, 5) is 4.90. The molecule has 3 rings (SSSR count). The van der Waals surface area contributed by atoms with Crippen LogP contribution in [-0.4, -0.2) is 43.7 Å². The molecule has 3 nitrogen and oxygen atoms in total. The van der Waals surface area contributed by atoms with Crippen LogP contribution in [0, 0.1) is 0 Å².